The number of fused-ring (bicyclic) bond motifs is 1. The number of nitrogens with zero attached hydrogens (tertiary/aromatic N) is 1. The molecule has 234 valence electrons. The van der Waals surface area contributed by atoms with E-state index < -0.39 is 59.1 Å². The van der Waals surface area contributed by atoms with Gasteiger partial charge < -0.3 is 25.0 Å². The van der Waals surface area contributed by atoms with Crippen molar-refractivity contribution in [2.75, 3.05) is 5.33 Å². The molecular formula is C34H34BrN3O6S. The third-order valence-corrected chi connectivity index (χ3v) is 9.10. The fourth-order valence-corrected chi connectivity index (χ4v) is 7.09. The third kappa shape index (κ3) is 7.42. The molecule has 2 aliphatic heterocycles. The van der Waals surface area contributed by atoms with Crippen LogP contribution in [0.25, 0.3) is 0 Å². The lowest BCUT2D eigenvalue weighted by Crippen LogP contribution is -2.74. The summed E-state index contributed by atoms with van der Waals surface area (Å²) >= 11 is 4.80. The predicted molar refractivity (Wildman–Crippen MR) is 175 cm³/mol. The van der Waals surface area contributed by atoms with E-state index in [1.807, 2.05) is 66.1 Å². The summed E-state index contributed by atoms with van der Waals surface area (Å²) in [5.41, 5.74) is 2.03. The Balaban J connectivity index is 1.35. The Morgan fingerprint density at radius 2 is 1.42 bits per heavy atom. The number of alkyl carbamates (subject to hydrolysis) is 1. The maximum atomic E-state index is 13.9. The zero-order valence-electron chi connectivity index (χ0n) is 25.0. The first-order chi connectivity index (χ1) is 21.6. The van der Waals surface area contributed by atoms with E-state index in [2.05, 4.69) is 26.6 Å². The Morgan fingerprint density at radius 1 is 0.889 bits per heavy atom. The Morgan fingerprint density at radius 3 is 1.93 bits per heavy atom. The number of rotatable bonds is 9. The number of esters is 1. The van der Waals surface area contributed by atoms with Crippen LogP contribution in [-0.2, 0) is 23.9 Å². The maximum absolute atomic E-state index is 13.9. The van der Waals surface area contributed by atoms with Gasteiger partial charge in [-0.2, -0.15) is 0 Å². The molecule has 1 unspecified atom stereocenters. The minimum atomic E-state index is -1.11. The predicted octanol–water partition coefficient (Wildman–Crippen LogP) is 5.63. The molecule has 2 N–H and O–H groups in total. The summed E-state index contributed by atoms with van der Waals surface area (Å²) in [7, 11) is 0. The van der Waals surface area contributed by atoms with Crippen molar-refractivity contribution in [2.24, 2.45) is 0 Å². The van der Waals surface area contributed by atoms with Gasteiger partial charge in [0.05, 0.1) is 0 Å². The van der Waals surface area contributed by atoms with Crippen molar-refractivity contribution >= 4 is 51.6 Å². The van der Waals surface area contributed by atoms with Crippen LogP contribution in [-0.4, -0.2) is 57.2 Å². The summed E-state index contributed by atoms with van der Waals surface area (Å²) < 4.78 is 11.5. The molecule has 0 aromatic heterocycles. The lowest BCUT2D eigenvalue weighted by Gasteiger charge is -2.52. The van der Waals surface area contributed by atoms with Crippen molar-refractivity contribution in [2.45, 2.75) is 56.0 Å². The smallest absolute Gasteiger partial charge is 0.408 e. The summed E-state index contributed by atoms with van der Waals surface area (Å²) in [5, 5.41) is 7.07. The summed E-state index contributed by atoms with van der Waals surface area (Å²) in [5.74, 6) is -1.57. The molecule has 45 heavy (non-hydrogen) atoms. The topological polar surface area (TPSA) is 114 Å². The second kappa shape index (κ2) is 13.9. The third-order valence-electron chi connectivity index (χ3n) is 7.24. The zero-order valence-corrected chi connectivity index (χ0v) is 27.4. The zero-order chi connectivity index (χ0) is 32.1. The molecule has 0 aliphatic carbocycles. The van der Waals surface area contributed by atoms with Crippen LogP contribution in [0.4, 0.5) is 4.79 Å². The van der Waals surface area contributed by atoms with E-state index in [4.69, 9.17) is 9.47 Å². The molecule has 0 bridgehead atoms. The molecule has 2 heterocycles. The van der Waals surface area contributed by atoms with Crippen LogP contribution in [0.5, 0.6) is 0 Å². The number of halogens is 1. The lowest BCUT2D eigenvalue weighted by molar-refractivity contribution is -0.165. The van der Waals surface area contributed by atoms with Gasteiger partial charge in [-0.25, -0.2) is 9.59 Å². The molecule has 9 nitrogen and oxygen atoms in total. The molecule has 3 aromatic carbocycles. The van der Waals surface area contributed by atoms with Crippen molar-refractivity contribution in [1.29, 1.82) is 0 Å². The summed E-state index contributed by atoms with van der Waals surface area (Å²) in [6.45, 7) is 5.18. The fraction of sp³-hybridized carbons (Fsp3) is 0.294. The van der Waals surface area contributed by atoms with Crippen LogP contribution < -0.4 is 10.6 Å². The molecule has 0 spiro atoms. The second-order valence-corrected chi connectivity index (χ2v) is 13.2. The quantitative estimate of drug-likeness (QED) is 0.170. The van der Waals surface area contributed by atoms with Gasteiger partial charge in [-0.3, -0.25) is 9.59 Å². The lowest BCUT2D eigenvalue weighted by atomic mass is 9.97. The van der Waals surface area contributed by atoms with Gasteiger partial charge in [0.2, 0.25) is 11.8 Å². The Hall–Kier alpha value is -4.09. The Labute approximate surface area is 274 Å². The van der Waals surface area contributed by atoms with Gasteiger partial charge in [-0.05, 0) is 48.4 Å². The highest BCUT2D eigenvalue weighted by Crippen LogP contribution is 2.42. The van der Waals surface area contributed by atoms with Gasteiger partial charge in [-0.1, -0.05) is 107 Å². The van der Waals surface area contributed by atoms with Crippen molar-refractivity contribution in [1.82, 2.24) is 15.5 Å². The van der Waals surface area contributed by atoms with Crippen LogP contribution in [0.1, 0.15) is 49.6 Å². The van der Waals surface area contributed by atoms with E-state index in [9.17, 15) is 19.2 Å². The van der Waals surface area contributed by atoms with Crippen molar-refractivity contribution in [3.63, 3.8) is 0 Å². The van der Waals surface area contributed by atoms with Crippen LogP contribution >= 0.6 is 27.7 Å². The summed E-state index contributed by atoms with van der Waals surface area (Å²) in [4.78, 5) is 55.2. The summed E-state index contributed by atoms with van der Waals surface area (Å²) in [6.07, 6.45) is -1.44. The Bertz CT molecular complexity index is 1530. The van der Waals surface area contributed by atoms with Crippen LogP contribution in [0, 0.1) is 0 Å². The number of nitrogens with one attached hydrogen (secondary N) is 2. The standard InChI is InChI=1S/C34H34BrN3O6S/c1-34(2,3)44-33(42)37-25(21-13-7-4-8-14-21)29(39)36-26-30(40)38-27(24(19-35)20-45-31(26)38)32(41)43-28(22-15-9-5-10-16-22)23-17-11-6-12-18-23/h4-18,20,25-28,31H,19H2,1-3H3,(H,36,39)(H,37,42)/t25?,26-,27-,31-/m1/s1. The van der Waals surface area contributed by atoms with Crippen LogP contribution in [0.3, 0.4) is 0 Å². The number of hydrogen-bond donors (Lipinski definition) is 2. The number of alkyl halides is 1. The number of β-lactam (4-membered cyclic amide) rings is 1. The van der Waals surface area contributed by atoms with Crippen molar-refractivity contribution < 1.29 is 28.7 Å². The molecule has 5 rings (SSSR count). The number of carbonyl (C=O) groups excluding carboxylic acids is 4. The minimum Gasteiger partial charge on any atom is -0.451 e. The molecule has 1 fully saturated rings. The fourth-order valence-electron chi connectivity index (χ4n) is 5.18. The van der Waals surface area contributed by atoms with Crippen molar-refractivity contribution in [3.05, 3.63) is 119 Å². The van der Waals surface area contributed by atoms with E-state index in [1.165, 1.54) is 16.7 Å². The van der Waals surface area contributed by atoms with E-state index >= 15 is 0 Å². The number of thioether (sulfide) groups is 1. The number of ether oxygens (including phenoxy) is 2. The van der Waals surface area contributed by atoms with E-state index in [0.29, 0.717) is 16.5 Å². The highest BCUT2D eigenvalue weighted by Gasteiger charge is 2.56. The van der Waals surface area contributed by atoms with Gasteiger partial charge in [0, 0.05) is 5.33 Å². The van der Waals surface area contributed by atoms with Gasteiger partial charge >= 0.3 is 12.1 Å². The number of amides is 3. The molecule has 1 saturated heterocycles. The first kappa shape index (κ1) is 32.3. The number of hydrogen-bond acceptors (Lipinski definition) is 7. The first-order valence-corrected chi connectivity index (χ1v) is 16.5. The minimum absolute atomic E-state index is 0.352. The van der Waals surface area contributed by atoms with Gasteiger partial charge in [0.1, 0.15) is 23.1 Å². The van der Waals surface area contributed by atoms with Gasteiger partial charge in [0.25, 0.3) is 0 Å². The largest absolute Gasteiger partial charge is 0.451 e. The molecule has 3 aromatic rings. The molecule has 0 radical (unpaired) electrons. The molecule has 3 amide bonds. The van der Waals surface area contributed by atoms with E-state index in [0.717, 1.165) is 11.1 Å². The number of carbonyl (C=O) groups is 4. The van der Waals surface area contributed by atoms with Crippen LogP contribution in [0.2, 0.25) is 0 Å². The average Bonchev–Trinajstić information content (AvgIpc) is 3.04. The SMILES string of the molecule is CC(C)(C)OC(=O)NC(C(=O)N[C@@H]1C(=O)N2[C@@H](C(=O)OC(c3ccccc3)c3ccccc3)C(CBr)=CS[C@H]12)c1ccccc1. The number of benzene rings is 3. The summed E-state index contributed by atoms with van der Waals surface area (Å²) in [6, 6.07) is 24.6. The maximum Gasteiger partial charge on any atom is 0.408 e. The molecule has 4 atom stereocenters. The normalized spacial score (nSPS) is 19.8. The second-order valence-electron chi connectivity index (χ2n) is 11.6. The molecule has 11 heteroatoms. The molecule has 2 aliphatic rings. The highest BCUT2D eigenvalue weighted by atomic mass is 79.9. The van der Waals surface area contributed by atoms with Crippen LogP contribution in [0.15, 0.2) is 102 Å². The van der Waals surface area contributed by atoms with E-state index in [1.54, 1.807) is 51.1 Å². The highest BCUT2D eigenvalue weighted by molar-refractivity contribution is 9.09. The van der Waals surface area contributed by atoms with Gasteiger partial charge in [0.15, 0.2) is 12.1 Å². The molecule has 0 saturated carbocycles. The van der Waals surface area contributed by atoms with E-state index in [-0.39, 0.29) is 0 Å². The molecular weight excluding hydrogens is 658 g/mol. The van der Waals surface area contributed by atoms with Gasteiger partial charge in [-0.15, -0.1) is 11.8 Å². The monoisotopic (exact) mass is 691 g/mol. The first-order valence-electron chi connectivity index (χ1n) is 14.4. The van der Waals surface area contributed by atoms with Crippen molar-refractivity contribution in [3.8, 4) is 0 Å². The average molecular weight is 693 g/mol. The Kier molecular flexibility index (Phi) is 9.99.